The number of aromatic nitrogens is 1. The molecular formula is C20H25N3O5S. The number of hydrogen-bond acceptors (Lipinski definition) is 6. The largest absolute Gasteiger partial charge is 0.494 e. The van der Waals surface area contributed by atoms with Crippen molar-refractivity contribution >= 4 is 33.0 Å². The molecule has 29 heavy (non-hydrogen) atoms. The maximum absolute atomic E-state index is 12.3. The molecule has 2 N–H and O–H groups in total. The fourth-order valence-corrected chi connectivity index (χ4v) is 3.86. The van der Waals surface area contributed by atoms with Crippen LogP contribution in [0.3, 0.4) is 0 Å². The third-order valence-electron chi connectivity index (χ3n) is 4.07. The van der Waals surface area contributed by atoms with Gasteiger partial charge >= 0.3 is 0 Å². The van der Waals surface area contributed by atoms with Crippen LogP contribution in [0.2, 0.25) is 0 Å². The molecule has 0 atom stereocenters. The molecule has 1 heterocycles. The first-order valence-corrected chi connectivity index (χ1v) is 11.1. The predicted octanol–water partition coefficient (Wildman–Crippen LogP) is 2.89. The second-order valence-electron chi connectivity index (χ2n) is 6.46. The zero-order valence-corrected chi connectivity index (χ0v) is 17.3. The maximum atomic E-state index is 12.3. The van der Waals surface area contributed by atoms with Gasteiger partial charge in [-0.25, -0.2) is 8.42 Å². The minimum Gasteiger partial charge on any atom is -0.494 e. The Hall–Kier alpha value is -2.94. The summed E-state index contributed by atoms with van der Waals surface area (Å²) in [7, 11) is -2.02. The van der Waals surface area contributed by atoms with Crippen molar-refractivity contribution in [2.24, 2.45) is 0 Å². The summed E-state index contributed by atoms with van der Waals surface area (Å²) in [5, 5.41) is 5.27. The van der Waals surface area contributed by atoms with E-state index in [9.17, 15) is 18.0 Å². The Morgan fingerprint density at radius 3 is 2.59 bits per heavy atom. The molecule has 0 saturated carbocycles. The number of carbonyl (C=O) groups excluding carboxylic acids is 2. The first kappa shape index (κ1) is 22.4. The van der Waals surface area contributed by atoms with Crippen molar-refractivity contribution in [3.8, 4) is 5.75 Å². The number of sulfone groups is 1. The zero-order valence-electron chi connectivity index (χ0n) is 16.5. The van der Waals surface area contributed by atoms with Gasteiger partial charge in [-0.15, -0.1) is 0 Å². The van der Waals surface area contributed by atoms with Crippen LogP contribution in [0.15, 0.2) is 42.7 Å². The van der Waals surface area contributed by atoms with Gasteiger partial charge in [0, 0.05) is 24.1 Å². The lowest BCUT2D eigenvalue weighted by Gasteiger charge is -2.13. The van der Waals surface area contributed by atoms with Crippen LogP contribution < -0.4 is 15.4 Å². The van der Waals surface area contributed by atoms with Crippen molar-refractivity contribution in [2.75, 3.05) is 29.2 Å². The van der Waals surface area contributed by atoms with Gasteiger partial charge in [-0.1, -0.05) is 19.8 Å². The summed E-state index contributed by atoms with van der Waals surface area (Å²) in [6, 6.07) is 7.92. The van der Waals surface area contributed by atoms with Gasteiger partial charge in [0.15, 0.2) is 9.84 Å². The van der Waals surface area contributed by atoms with Crippen LogP contribution in [0.5, 0.6) is 5.75 Å². The van der Waals surface area contributed by atoms with E-state index in [1.54, 1.807) is 30.5 Å². The fraction of sp³-hybridized carbons (Fsp3) is 0.350. The third-order valence-corrected chi connectivity index (χ3v) is 5.68. The zero-order chi connectivity index (χ0) is 21.3. The Morgan fingerprint density at radius 2 is 1.93 bits per heavy atom. The Morgan fingerprint density at radius 1 is 1.14 bits per heavy atom. The summed E-state index contributed by atoms with van der Waals surface area (Å²) >= 11 is 0. The first-order valence-electron chi connectivity index (χ1n) is 9.24. The molecule has 0 aliphatic rings. The third kappa shape index (κ3) is 7.19. The molecule has 0 spiro atoms. The van der Waals surface area contributed by atoms with Gasteiger partial charge in [0.2, 0.25) is 5.91 Å². The number of nitrogens with one attached hydrogen (secondary N) is 2. The first-order chi connectivity index (χ1) is 13.8. The SMILES string of the molecule is CCCCCS(=O)(=O)CC(=O)Nc1ccc(NC(=O)c2cccnc2)c(OC)c1. The smallest absolute Gasteiger partial charge is 0.257 e. The highest BCUT2D eigenvalue weighted by atomic mass is 32.2. The lowest BCUT2D eigenvalue weighted by molar-refractivity contribution is -0.113. The van der Waals surface area contributed by atoms with E-state index in [2.05, 4.69) is 15.6 Å². The number of amides is 2. The quantitative estimate of drug-likeness (QED) is 0.572. The number of nitrogens with zero attached hydrogens (tertiary/aromatic N) is 1. The molecule has 156 valence electrons. The molecule has 0 fully saturated rings. The number of methoxy groups -OCH3 is 1. The van der Waals surface area contributed by atoms with Crippen molar-refractivity contribution in [1.29, 1.82) is 0 Å². The van der Waals surface area contributed by atoms with E-state index in [1.807, 2.05) is 6.92 Å². The summed E-state index contributed by atoms with van der Waals surface area (Å²) in [5.41, 5.74) is 1.17. The highest BCUT2D eigenvalue weighted by molar-refractivity contribution is 7.92. The lowest BCUT2D eigenvalue weighted by atomic mass is 10.2. The minimum atomic E-state index is -3.45. The van der Waals surface area contributed by atoms with Crippen molar-refractivity contribution in [1.82, 2.24) is 4.98 Å². The summed E-state index contributed by atoms with van der Waals surface area (Å²) < 4.78 is 29.3. The molecule has 9 heteroatoms. The van der Waals surface area contributed by atoms with Crippen molar-refractivity contribution in [3.63, 3.8) is 0 Å². The van der Waals surface area contributed by atoms with E-state index >= 15 is 0 Å². The van der Waals surface area contributed by atoms with Gasteiger partial charge in [-0.05, 0) is 30.7 Å². The maximum Gasteiger partial charge on any atom is 0.257 e. The van der Waals surface area contributed by atoms with Gasteiger partial charge < -0.3 is 15.4 Å². The number of benzene rings is 1. The molecule has 2 aromatic rings. The Kier molecular flexibility index (Phi) is 8.14. The van der Waals surface area contributed by atoms with Gasteiger partial charge in [-0.3, -0.25) is 14.6 Å². The van der Waals surface area contributed by atoms with Crippen molar-refractivity contribution < 1.29 is 22.7 Å². The van der Waals surface area contributed by atoms with Gasteiger partial charge in [0.05, 0.1) is 24.1 Å². The minimum absolute atomic E-state index is 0.00308. The van der Waals surface area contributed by atoms with Crippen LogP contribution in [-0.4, -0.2) is 43.8 Å². The Labute approximate surface area is 170 Å². The van der Waals surface area contributed by atoms with E-state index in [-0.39, 0.29) is 11.7 Å². The predicted molar refractivity (Wildman–Crippen MR) is 112 cm³/mol. The van der Waals surface area contributed by atoms with Crippen LogP contribution in [0, 0.1) is 0 Å². The monoisotopic (exact) mass is 419 g/mol. The molecular weight excluding hydrogens is 394 g/mol. The van der Waals surface area contributed by atoms with Crippen molar-refractivity contribution in [2.45, 2.75) is 26.2 Å². The van der Waals surface area contributed by atoms with Gasteiger partial charge in [0.1, 0.15) is 11.5 Å². The summed E-state index contributed by atoms with van der Waals surface area (Å²) in [6.07, 6.45) is 5.27. The molecule has 0 aliphatic heterocycles. The van der Waals surface area contributed by atoms with Crippen LogP contribution in [0.25, 0.3) is 0 Å². The Balaban J connectivity index is 2.02. The van der Waals surface area contributed by atoms with E-state index in [0.29, 0.717) is 29.1 Å². The molecule has 2 amide bonds. The van der Waals surface area contributed by atoms with Gasteiger partial charge in [0.25, 0.3) is 5.91 Å². The number of anilines is 2. The standard InChI is InChI=1S/C20H25N3O5S/c1-3-4-5-11-29(26,27)14-19(24)22-16-8-9-17(18(12-16)28-2)23-20(25)15-7-6-10-21-13-15/h6-10,12-13H,3-5,11,14H2,1-2H3,(H,22,24)(H,23,25). The molecule has 0 unspecified atom stereocenters. The number of unbranched alkanes of at least 4 members (excludes halogenated alkanes) is 2. The van der Waals surface area contributed by atoms with E-state index in [4.69, 9.17) is 4.74 Å². The Bertz CT molecular complexity index is 946. The molecule has 0 bridgehead atoms. The average molecular weight is 420 g/mol. The number of rotatable bonds is 10. The van der Waals surface area contributed by atoms with E-state index in [1.165, 1.54) is 19.4 Å². The summed E-state index contributed by atoms with van der Waals surface area (Å²) in [6.45, 7) is 1.98. The van der Waals surface area contributed by atoms with Crippen LogP contribution in [-0.2, 0) is 14.6 Å². The van der Waals surface area contributed by atoms with Crippen molar-refractivity contribution in [3.05, 3.63) is 48.3 Å². The molecule has 2 rings (SSSR count). The number of hydrogen-bond donors (Lipinski definition) is 2. The normalized spacial score (nSPS) is 11.0. The average Bonchev–Trinajstić information content (AvgIpc) is 2.69. The van der Waals surface area contributed by atoms with E-state index < -0.39 is 21.5 Å². The molecule has 0 radical (unpaired) electrons. The topological polar surface area (TPSA) is 114 Å². The molecule has 0 saturated heterocycles. The van der Waals surface area contributed by atoms with Gasteiger partial charge in [-0.2, -0.15) is 0 Å². The lowest BCUT2D eigenvalue weighted by Crippen LogP contribution is -2.24. The molecule has 8 nitrogen and oxygen atoms in total. The van der Waals surface area contributed by atoms with Crippen LogP contribution >= 0.6 is 0 Å². The molecule has 0 aliphatic carbocycles. The highest BCUT2D eigenvalue weighted by Crippen LogP contribution is 2.28. The number of carbonyl (C=O) groups is 2. The molecule has 1 aromatic carbocycles. The van der Waals surface area contributed by atoms with E-state index in [0.717, 1.165) is 12.8 Å². The number of pyridine rings is 1. The van der Waals surface area contributed by atoms with Crippen LogP contribution in [0.4, 0.5) is 11.4 Å². The highest BCUT2D eigenvalue weighted by Gasteiger charge is 2.17. The summed E-state index contributed by atoms with van der Waals surface area (Å²) in [5.74, 6) is -1.22. The second kappa shape index (κ2) is 10.6. The number of ether oxygens (including phenoxy) is 1. The molecule has 1 aromatic heterocycles. The summed E-state index contributed by atoms with van der Waals surface area (Å²) in [4.78, 5) is 28.3. The second-order valence-corrected chi connectivity index (χ2v) is 8.64. The van der Waals surface area contributed by atoms with Crippen LogP contribution in [0.1, 0.15) is 36.5 Å². The fourth-order valence-electron chi connectivity index (χ4n) is 2.60.